The zero-order valence-corrected chi connectivity index (χ0v) is 15.7. The Labute approximate surface area is 156 Å². The van der Waals surface area contributed by atoms with Crippen molar-refractivity contribution in [2.45, 2.75) is 26.7 Å². The molecule has 0 heterocycles. The summed E-state index contributed by atoms with van der Waals surface area (Å²) in [5.74, 6) is -0.708. The minimum absolute atomic E-state index is 0.256. The zero-order chi connectivity index (χ0) is 19.8. The third-order valence-electron chi connectivity index (χ3n) is 2.95. The van der Waals surface area contributed by atoms with E-state index in [2.05, 4.69) is 31.4 Å². The summed E-state index contributed by atoms with van der Waals surface area (Å²) >= 11 is 0. The van der Waals surface area contributed by atoms with Crippen molar-refractivity contribution in [3.05, 3.63) is 78.9 Å². The Bertz CT molecular complexity index is 627. The third kappa shape index (κ3) is 11.6. The predicted octanol–water partition coefficient (Wildman–Crippen LogP) is 4.89. The standard InChI is InChI=1S/C15H18O2.C7H10O2/c1-3-4-12-17-15(16)13(2)10-11-14-8-6-5-7-9-14;1-4-5-9-7(8)6(2)3/h5-11H,2-4,12H2,1H3;4H,1-2,5H2,3H3. The van der Waals surface area contributed by atoms with Gasteiger partial charge in [-0.2, -0.15) is 0 Å². The van der Waals surface area contributed by atoms with Gasteiger partial charge < -0.3 is 9.47 Å². The lowest BCUT2D eigenvalue weighted by molar-refractivity contribution is -0.139. The van der Waals surface area contributed by atoms with E-state index in [1.54, 1.807) is 13.0 Å². The molecule has 140 valence electrons. The van der Waals surface area contributed by atoms with Gasteiger partial charge in [0.05, 0.1) is 12.2 Å². The van der Waals surface area contributed by atoms with Gasteiger partial charge in [-0.1, -0.05) is 75.6 Å². The molecule has 0 aromatic heterocycles. The Kier molecular flexibility index (Phi) is 12.9. The molecule has 26 heavy (non-hydrogen) atoms. The van der Waals surface area contributed by atoms with E-state index in [1.807, 2.05) is 36.4 Å². The first-order valence-corrected chi connectivity index (χ1v) is 8.45. The third-order valence-corrected chi connectivity index (χ3v) is 2.95. The average molecular weight is 356 g/mol. The molecule has 1 aromatic carbocycles. The molecule has 0 aliphatic rings. The van der Waals surface area contributed by atoms with Gasteiger partial charge in [-0.05, 0) is 25.0 Å². The topological polar surface area (TPSA) is 52.6 Å². The van der Waals surface area contributed by atoms with Gasteiger partial charge in [-0.25, -0.2) is 9.59 Å². The van der Waals surface area contributed by atoms with Crippen LogP contribution in [0.2, 0.25) is 0 Å². The summed E-state index contributed by atoms with van der Waals surface area (Å²) in [6, 6.07) is 9.77. The van der Waals surface area contributed by atoms with E-state index in [-0.39, 0.29) is 18.5 Å². The number of hydrogen-bond acceptors (Lipinski definition) is 4. The summed E-state index contributed by atoms with van der Waals surface area (Å²) < 4.78 is 9.64. The molecule has 0 saturated heterocycles. The highest BCUT2D eigenvalue weighted by Gasteiger charge is 2.04. The smallest absolute Gasteiger partial charge is 0.337 e. The quantitative estimate of drug-likeness (QED) is 0.208. The van der Waals surface area contributed by atoms with Crippen molar-refractivity contribution in [2.24, 2.45) is 0 Å². The maximum absolute atomic E-state index is 11.5. The molecule has 0 radical (unpaired) electrons. The van der Waals surface area contributed by atoms with Crippen LogP contribution < -0.4 is 0 Å². The van der Waals surface area contributed by atoms with Crippen LogP contribution >= 0.6 is 0 Å². The molecule has 0 unspecified atom stereocenters. The van der Waals surface area contributed by atoms with Gasteiger partial charge in [0.2, 0.25) is 0 Å². The van der Waals surface area contributed by atoms with Gasteiger partial charge >= 0.3 is 11.9 Å². The van der Waals surface area contributed by atoms with E-state index in [0.717, 1.165) is 18.4 Å². The molecular weight excluding hydrogens is 328 g/mol. The van der Waals surface area contributed by atoms with Crippen molar-refractivity contribution in [1.29, 1.82) is 0 Å². The number of carbonyl (C=O) groups is 2. The molecule has 0 spiro atoms. The van der Waals surface area contributed by atoms with Gasteiger partial charge in [0.1, 0.15) is 6.61 Å². The molecule has 4 nitrogen and oxygen atoms in total. The number of benzene rings is 1. The first-order valence-electron chi connectivity index (χ1n) is 8.45. The molecular formula is C22H28O4. The van der Waals surface area contributed by atoms with E-state index in [1.165, 1.54) is 6.08 Å². The van der Waals surface area contributed by atoms with Gasteiger partial charge in [0.15, 0.2) is 0 Å². The lowest BCUT2D eigenvalue weighted by Gasteiger charge is -2.02. The Morgan fingerprint density at radius 1 is 1.08 bits per heavy atom. The van der Waals surface area contributed by atoms with Gasteiger partial charge in [0, 0.05) is 5.57 Å². The maximum Gasteiger partial charge on any atom is 0.337 e. The molecule has 0 N–H and O–H groups in total. The number of ether oxygens (including phenoxy) is 2. The molecule has 0 aliphatic carbocycles. The molecule has 4 heteroatoms. The highest BCUT2D eigenvalue weighted by Crippen LogP contribution is 2.05. The predicted molar refractivity (Wildman–Crippen MR) is 106 cm³/mol. The Balaban J connectivity index is 0.000000590. The number of unbranched alkanes of at least 4 members (excludes halogenated alkanes) is 1. The fraction of sp³-hybridized carbons (Fsp3) is 0.273. The normalized spacial score (nSPS) is 9.62. The van der Waals surface area contributed by atoms with Crippen LogP contribution in [-0.2, 0) is 19.1 Å². The molecule has 0 bridgehead atoms. The van der Waals surface area contributed by atoms with E-state index in [0.29, 0.717) is 17.8 Å². The van der Waals surface area contributed by atoms with Crippen molar-refractivity contribution in [3.8, 4) is 0 Å². The highest BCUT2D eigenvalue weighted by atomic mass is 16.5. The van der Waals surface area contributed by atoms with Gasteiger partial charge in [0.25, 0.3) is 0 Å². The molecule has 1 rings (SSSR count). The largest absolute Gasteiger partial charge is 0.462 e. The van der Waals surface area contributed by atoms with Crippen molar-refractivity contribution in [3.63, 3.8) is 0 Å². The van der Waals surface area contributed by atoms with Crippen LogP contribution in [0.3, 0.4) is 0 Å². The molecule has 1 aromatic rings. The monoisotopic (exact) mass is 356 g/mol. The number of rotatable bonds is 9. The van der Waals surface area contributed by atoms with Crippen molar-refractivity contribution >= 4 is 18.0 Å². The zero-order valence-electron chi connectivity index (χ0n) is 15.7. The fourth-order valence-electron chi connectivity index (χ4n) is 1.49. The Hall–Kier alpha value is -2.88. The second-order valence-electron chi connectivity index (χ2n) is 5.43. The van der Waals surface area contributed by atoms with E-state index in [9.17, 15) is 9.59 Å². The summed E-state index contributed by atoms with van der Waals surface area (Å²) in [7, 11) is 0. The Morgan fingerprint density at radius 3 is 2.27 bits per heavy atom. The summed E-state index contributed by atoms with van der Waals surface area (Å²) in [6.07, 6.45) is 6.95. The summed E-state index contributed by atoms with van der Waals surface area (Å²) in [5, 5.41) is 0. The summed E-state index contributed by atoms with van der Waals surface area (Å²) in [5.41, 5.74) is 1.83. The first-order chi connectivity index (χ1) is 12.4. The number of hydrogen-bond donors (Lipinski definition) is 0. The van der Waals surface area contributed by atoms with Crippen molar-refractivity contribution in [2.75, 3.05) is 13.2 Å². The minimum atomic E-state index is -0.366. The van der Waals surface area contributed by atoms with Crippen LogP contribution in [0.5, 0.6) is 0 Å². The van der Waals surface area contributed by atoms with Crippen LogP contribution in [0.25, 0.3) is 6.08 Å². The number of esters is 2. The Morgan fingerprint density at radius 2 is 1.73 bits per heavy atom. The second-order valence-corrected chi connectivity index (χ2v) is 5.43. The fourth-order valence-corrected chi connectivity index (χ4v) is 1.49. The SMILES string of the molecule is C=C(C=Cc1ccccc1)C(=O)OCCCC.C=CCOC(=O)C(=C)C. The second kappa shape index (κ2) is 14.5. The summed E-state index contributed by atoms with van der Waals surface area (Å²) in [6.45, 7) is 14.8. The van der Waals surface area contributed by atoms with Crippen LogP contribution in [0, 0.1) is 0 Å². The van der Waals surface area contributed by atoms with Crippen LogP contribution in [-0.4, -0.2) is 25.2 Å². The first kappa shape index (κ1) is 23.1. The highest BCUT2D eigenvalue weighted by molar-refractivity contribution is 5.92. The lowest BCUT2D eigenvalue weighted by atomic mass is 10.2. The van der Waals surface area contributed by atoms with Gasteiger partial charge in [-0.15, -0.1) is 0 Å². The van der Waals surface area contributed by atoms with E-state index < -0.39 is 0 Å². The molecule has 0 atom stereocenters. The molecule has 0 amide bonds. The molecule has 0 aliphatic heterocycles. The minimum Gasteiger partial charge on any atom is -0.462 e. The van der Waals surface area contributed by atoms with Gasteiger partial charge in [-0.3, -0.25) is 0 Å². The lowest BCUT2D eigenvalue weighted by Crippen LogP contribution is -2.06. The maximum atomic E-state index is 11.5. The summed E-state index contributed by atoms with van der Waals surface area (Å²) in [4.78, 5) is 22.0. The van der Waals surface area contributed by atoms with Crippen molar-refractivity contribution in [1.82, 2.24) is 0 Å². The average Bonchev–Trinajstić information content (AvgIpc) is 2.65. The van der Waals surface area contributed by atoms with Crippen LogP contribution in [0.1, 0.15) is 32.3 Å². The molecule has 0 saturated carbocycles. The van der Waals surface area contributed by atoms with Crippen LogP contribution in [0.4, 0.5) is 0 Å². The molecule has 0 fully saturated rings. The van der Waals surface area contributed by atoms with E-state index >= 15 is 0 Å². The van der Waals surface area contributed by atoms with Crippen molar-refractivity contribution < 1.29 is 19.1 Å². The van der Waals surface area contributed by atoms with Crippen LogP contribution in [0.15, 0.2) is 73.4 Å². The number of carbonyl (C=O) groups excluding carboxylic acids is 2. The van der Waals surface area contributed by atoms with E-state index in [4.69, 9.17) is 4.74 Å².